The van der Waals surface area contributed by atoms with E-state index in [2.05, 4.69) is 9.93 Å². The molecule has 0 aromatic carbocycles. The van der Waals surface area contributed by atoms with E-state index in [0.717, 1.165) is 5.23 Å². The van der Waals surface area contributed by atoms with Gasteiger partial charge in [0.1, 0.15) is 5.55 Å². The Morgan fingerprint density at radius 2 is 2.83 bits per heavy atom. The van der Waals surface area contributed by atoms with E-state index >= 15 is 0 Å². The Labute approximate surface area is 39.4 Å². The highest BCUT2D eigenvalue weighted by Crippen LogP contribution is 1.94. The molecule has 1 aliphatic heterocycles. The van der Waals surface area contributed by atoms with E-state index in [4.69, 9.17) is 5.84 Å². The fourth-order valence-electron chi connectivity index (χ4n) is 0.175. The summed E-state index contributed by atoms with van der Waals surface area (Å²) in [5.41, 5.74) is 1.61. The second kappa shape index (κ2) is 1.46. The molecule has 4 nitrogen and oxygen atoms in total. The maximum atomic E-state index is 5.04. The first-order valence-corrected chi connectivity index (χ1v) is 2.26. The van der Waals surface area contributed by atoms with Gasteiger partial charge in [0.2, 0.25) is 0 Å². The second-order valence-electron chi connectivity index (χ2n) is 0.775. The van der Waals surface area contributed by atoms with Gasteiger partial charge in [-0.25, -0.2) is 5.84 Å². The maximum absolute atomic E-state index is 5.04. The number of hydrazine groups is 2. The molecule has 0 bridgehead atoms. The quantitative estimate of drug-likeness (QED) is 0.314. The van der Waals surface area contributed by atoms with E-state index in [1.807, 2.05) is 0 Å². The van der Waals surface area contributed by atoms with Crippen molar-refractivity contribution in [3.8, 4) is 0 Å². The molecular formula is CH4N4S. The van der Waals surface area contributed by atoms with Gasteiger partial charge in [0.25, 0.3) is 0 Å². The fourth-order valence-corrected chi connectivity index (χ4v) is 0.526. The molecule has 0 aromatic rings. The van der Waals surface area contributed by atoms with Gasteiger partial charge in [0.05, 0.1) is 0 Å². The summed E-state index contributed by atoms with van der Waals surface area (Å²) in [4.78, 5) is 2.62. The largest absolute Gasteiger partial charge is 0.215 e. The lowest BCUT2D eigenvalue weighted by Gasteiger charge is -1.99. The van der Waals surface area contributed by atoms with Crippen LogP contribution in [0.1, 0.15) is 0 Å². The summed E-state index contributed by atoms with van der Waals surface area (Å²) < 4.78 is 0. The molecular weight excluding hydrogens is 100 g/mol. The van der Waals surface area contributed by atoms with E-state index in [1.165, 1.54) is 11.9 Å². The zero-order valence-electron chi connectivity index (χ0n) is 2.96. The van der Waals surface area contributed by atoms with Crippen LogP contribution in [0.25, 0.3) is 0 Å². The molecule has 0 aromatic heterocycles. The Bertz CT molecular complexity index is 69.9. The van der Waals surface area contributed by atoms with Gasteiger partial charge in [0.15, 0.2) is 0 Å². The normalized spacial score (nSPS) is 19.8. The summed E-state index contributed by atoms with van der Waals surface area (Å²) in [6.07, 6.45) is 0. The molecule has 1 rings (SSSR count). The molecule has 1 aliphatic rings. The summed E-state index contributed by atoms with van der Waals surface area (Å²) in [6, 6.07) is 0. The van der Waals surface area contributed by atoms with Gasteiger partial charge in [-0.05, 0) is 11.9 Å². The molecule has 0 saturated carbocycles. The van der Waals surface area contributed by atoms with Gasteiger partial charge in [-0.2, -0.15) is 0 Å². The molecule has 0 fully saturated rings. The van der Waals surface area contributed by atoms with Gasteiger partial charge in [-0.1, -0.05) is 0 Å². The molecule has 6 heavy (non-hydrogen) atoms. The second-order valence-corrected chi connectivity index (χ2v) is 1.40. The van der Waals surface area contributed by atoms with Gasteiger partial charge < -0.3 is 0 Å². The van der Waals surface area contributed by atoms with Crippen molar-refractivity contribution in [1.29, 1.82) is 0 Å². The number of hydrogen-bond donors (Lipinski definition) is 2. The van der Waals surface area contributed by atoms with E-state index in [-0.39, 0.29) is 0 Å². The van der Waals surface area contributed by atoms with Crippen molar-refractivity contribution >= 4 is 17.5 Å². The number of hydrazone groups is 1. The van der Waals surface area contributed by atoms with Crippen LogP contribution < -0.4 is 10.7 Å². The molecule has 0 aliphatic carbocycles. The topological polar surface area (TPSA) is 53.6 Å². The molecule has 5 heteroatoms. The van der Waals surface area contributed by atoms with Crippen LogP contribution >= 0.6 is 11.9 Å². The van der Waals surface area contributed by atoms with Crippen LogP contribution in [0.2, 0.25) is 0 Å². The predicted molar refractivity (Wildman–Crippen MR) is 25.2 cm³/mol. The molecule has 34 valence electrons. The Morgan fingerprint density at radius 3 is 3.00 bits per heavy atom. The Kier molecular flexibility index (Phi) is 0.952. The number of nitrogens with two attached hydrogens (primary N) is 1. The Hall–Kier alpha value is -0.260. The van der Waals surface area contributed by atoms with Crippen LogP contribution in [0.3, 0.4) is 0 Å². The van der Waals surface area contributed by atoms with Gasteiger partial charge in [-0.15, -0.1) is 15.2 Å². The van der Waals surface area contributed by atoms with Gasteiger partial charge in [-0.3, -0.25) is 0 Å². The third-order valence-electron chi connectivity index (χ3n) is 0.370. The van der Waals surface area contributed by atoms with Crippen molar-refractivity contribution in [1.82, 2.24) is 10.1 Å². The van der Waals surface area contributed by atoms with E-state index in [0.29, 0.717) is 0 Å². The van der Waals surface area contributed by atoms with Crippen LogP contribution in [0.5, 0.6) is 0 Å². The first kappa shape index (κ1) is 3.91. The predicted octanol–water partition coefficient (Wildman–Crippen LogP) is -0.728. The summed E-state index contributed by atoms with van der Waals surface area (Å²) >= 11 is 1.34. The monoisotopic (exact) mass is 104 g/mol. The Morgan fingerprint density at radius 1 is 2.00 bits per heavy atom. The molecule has 0 amide bonds. The lowest BCUT2D eigenvalue weighted by atomic mass is 11.7. The smallest absolute Gasteiger partial charge is 0.100 e. The van der Waals surface area contributed by atoms with E-state index in [9.17, 15) is 0 Å². The molecule has 0 spiro atoms. The lowest BCUT2D eigenvalue weighted by molar-refractivity contribution is 0.284. The van der Waals surface area contributed by atoms with Crippen molar-refractivity contribution in [2.24, 2.45) is 10.9 Å². The first-order valence-electron chi connectivity index (χ1n) is 1.38. The zero-order valence-corrected chi connectivity index (χ0v) is 3.77. The lowest BCUT2D eigenvalue weighted by Crippen LogP contribution is -2.30. The average Bonchev–Trinajstić information content (AvgIpc) is 1.86. The zero-order chi connectivity index (χ0) is 4.41. The number of nitrogens with zero attached hydrogens (tertiary/aromatic N) is 2. The standard InChI is InChI=1S/CH4N4S/c2-5-3-1-6-4-5/h1,4H,2H2. The van der Waals surface area contributed by atoms with Gasteiger partial charge >= 0.3 is 0 Å². The van der Waals surface area contributed by atoms with E-state index < -0.39 is 0 Å². The SMILES string of the molecule is NN1N=CSN1. The summed E-state index contributed by atoms with van der Waals surface area (Å²) in [7, 11) is 0. The molecule has 3 N–H and O–H groups in total. The molecule has 0 unspecified atom stereocenters. The van der Waals surface area contributed by atoms with Crippen LogP contribution in [-0.4, -0.2) is 10.8 Å². The van der Waals surface area contributed by atoms with Gasteiger partial charge in [0, 0.05) is 0 Å². The molecule has 0 radical (unpaired) electrons. The van der Waals surface area contributed by atoms with Crippen molar-refractivity contribution < 1.29 is 0 Å². The highest BCUT2D eigenvalue weighted by molar-refractivity contribution is 8.10. The minimum atomic E-state index is 1.14. The minimum absolute atomic E-state index is 1.14. The number of nitrogens with one attached hydrogen (secondary N) is 1. The van der Waals surface area contributed by atoms with E-state index in [1.54, 1.807) is 5.55 Å². The highest BCUT2D eigenvalue weighted by atomic mass is 32.2. The molecule has 1 heterocycles. The first-order chi connectivity index (χ1) is 2.89. The van der Waals surface area contributed by atoms with Crippen molar-refractivity contribution in [3.63, 3.8) is 0 Å². The Balaban J connectivity index is 2.38. The number of hydrogen-bond acceptors (Lipinski definition) is 5. The minimum Gasteiger partial charge on any atom is -0.215 e. The average molecular weight is 104 g/mol. The van der Waals surface area contributed by atoms with Crippen molar-refractivity contribution in [2.45, 2.75) is 0 Å². The molecule has 0 atom stereocenters. The summed E-state index contributed by atoms with van der Waals surface area (Å²) in [6.45, 7) is 0. The van der Waals surface area contributed by atoms with Crippen molar-refractivity contribution in [3.05, 3.63) is 0 Å². The summed E-state index contributed by atoms with van der Waals surface area (Å²) in [5, 5.41) is 4.72. The van der Waals surface area contributed by atoms with Crippen LogP contribution in [0.4, 0.5) is 0 Å². The highest BCUT2D eigenvalue weighted by Gasteiger charge is 1.94. The van der Waals surface area contributed by atoms with Crippen LogP contribution in [0.15, 0.2) is 5.10 Å². The van der Waals surface area contributed by atoms with Crippen molar-refractivity contribution in [2.75, 3.05) is 0 Å². The third kappa shape index (κ3) is 0.618. The maximum Gasteiger partial charge on any atom is 0.100 e. The fraction of sp³-hybridized carbons (Fsp3) is 0. The number of rotatable bonds is 0. The summed E-state index contributed by atoms with van der Waals surface area (Å²) in [5.74, 6) is 5.04. The van der Waals surface area contributed by atoms with Crippen LogP contribution in [0, 0.1) is 0 Å². The molecule has 0 saturated heterocycles. The third-order valence-corrected chi connectivity index (χ3v) is 0.863. The van der Waals surface area contributed by atoms with Crippen LogP contribution in [-0.2, 0) is 0 Å².